The number of pyridine rings is 1. The molecule has 0 atom stereocenters. The summed E-state index contributed by atoms with van der Waals surface area (Å²) < 4.78 is 21.3. The van der Waals surface area contributed by atoms with Gasteiger partial charge in [-0.2, -0.15) is 10.1 Å². The van der Waals surface area contributed by atoms with Gasteiger partial charge in [-0.25, -0.2) is 14.4 Å². The van der Waals surface area contributed by atoms with Gasteiger partial charge in [-0.3, -0.25) is 4.98 Å². The highest BCUT2D eigenvalue weighted by Crippen LogP contribution is 2.26. The molecule has 5 rings (SSSR count). The summed E-state index contributed by atoms with van der Waals surface area (Å²) in [6.45, 7) is 4.27. The van der Waals surface area contributed by atoms with E-state index in [0.29, 0.717) is 37.7 Å². The van der Waals surface area contributed by atoms with Crippen LogP contribution in [0.3, 0.4) is 0 Å². The second-order valence-corrected chi connectivity index (χ2v) is 8.16. The fraction of sp³-hybridized carbons (Fsp3) is 0.250. The van der Waals surface area contributed by atoms with E-state index in [1.165, 1.54) is 0 Å². The van der Waals surface area contributed by atoms with E-state index in [-0.39, 0.29) is 24.1 Å². The Morgan fingerprint density at radius 1 is 1.08 bits per heavy atom. The first kappa shape index (κ1) is 23.3. The molecule has 0 bridgehead atoms. The Morgan fingerprint density at radius 2 is 1.94 bits per heavy atom. The summed E-state index contributed by atoms with van der Waals surface area (Å²) in [7, 11) is 0. The largest absolute Gasteiger partial charge is 0.508 e. The maximum absolute atomic E-state index is 14.2. The molecule has 0 radical (unpaired) electrons. The maximum atomic E-state index is 14.2. The number of hydrogen-bond acceptors (Lipinski definition) is 10. The van der Waals surface area contributed by atoms with Crippen LogP contribution in [0.2, 0.25) is 0 Å². The molecule has 0 saturated carbocycles. The van der Waals surface area contributed by atoms with Gasteiger partial charge in [-0.15, -0.1) is 5.11 Å². The number of nitrogens with zero attached hydrogens (tertiary/aromatic N) is 8. The Balaban J connectivity index is 1.22. The molecule has 0 amide bonds. The number of rotatable bonds is 7. The molecule has 1 aliphatic rings. The van der Waals surface area contributed by atoms with Gasteiger partial charge in [-0.1, -0.05) is 0 Å². The first-order valence-electron chi connectivity index (χ1n) is 11.3. The van der Waals surface area contributed by atoms with Gasteiger partial charge >= 0.3 is 0 Å². The molecule has 1 saturated heterocycles. The molecule has 36 heavy (non-hydrogen) atoms. The smallest absolute Gasteiger partial charge is 0.270 e. The zero-order valence-corrected chi connectivity index (χ0v) is 19.5. The molecule has 0 aliphatic carbocycles. The van der Waals surface area contributed by atoms with E-state index >= 15 is 0 Å². The summed E-state index contributed by atoms with van der Waals surface area (Å²) in [5, 5.41) is 21.5. The molecule has 1 fully saturated rings. The third-order valence-electron chi connectivity index (χ3n) is 5.44. The number of hydrogen-bond donors (Lipinski definition) is 2. The van der Waals surface area contributed by atoms with Gasteiger partial charge in [0, 0.05) is 37.1 Å². The van der Waals surface area contributed by atoms with E-state index in [1.54, 1.807) is 29.6 Å². The van der Waals surface area contributed by atoms with Crippen LogP contribution in [-0.2, 0) is 11.3 Å². The number of nitrogens with one attached hydrogen (secondary N) is 1. The lowest BCUT2D eigenvalue weighted by Crippen LogP contribution is -2.37. The molecule has 3 aromatic heterocycles. The Bertz CT molecular complexity index is 1370. The Morgan fingerprint density at radius 3 is 2.69 bits per heavy atom. The van der Waals surface area contributed by atoms with Gasteiger partial charge in [0.15, 0.2) is 11.6 Å². The van der Waals surface area contributed by atoms with E-state index in [9.17, 15) is 9.50 Å². The quantitative estimate of drug-likeness (QED) is 0.372. The SMILES string of the molecule is Cc1cn(-c2cc(O)cc(Nc3ccc(CN=Nc4ncc(F)c(N5CCOCC5)n4)nc3)c2)cn1. The predicted octanol–water partition coefficient (Wildman–Crippen LogP) is 4.07. The standard InChI is InChI=1S/C24H24FN9O2/c1-16-14-34(15-28-16)20-8-19(9-21(35)10-20)30-18-3-2-17(26-11-18)12-29-32-24-27-13-22(25)23(31-24)33-4-6-36-7-5-33/h2-3,8-11,13-15,30,35H,4-7,12H2,1H3. The summed E-state index contributed by atoms with van der Waals surface area (Å²) in [6.07, 6.45) is 6.34. The van der Waals surface area contributed by atoms with Crippen molar-refractivity contribution in [1.29, 1.82) is 0 Å². The summed E-state index contributed by atoms with van der Waals surface area (Å²) >= 11 is 0. The predicted molar refractivity (Wildman–Crippen MR) is 131 cm³/mol. The van der Waals surface area contributed by atoms with E-state index < -0.39 is 5.82 Å². The number of imidazole rings is 1. The molecular weight excluding hydrogens is 465 g/mol. The number of azo groups is 1. The molecule has 4 aromatic rings. The van der Waals surface area contributed by atoms with Crippen LogP contribution in [0.25, 0.3) is 5.69 Å². The third kappa shape index (κ3) is 5.61. The average Bonchev–Trinajstić information content (AvgIpc) is 3.33. The lowest BCUT2D eigenvalue weighted by atomic mass is 10.2. The summed E-state index contributed by atoms with van der Waals surface area (Å²) in [5.41, 5.74) is 3.79. The molecule has 184 valence electrons. The Labute approximate surface area is 206 Å². The first-order chi connectivity index (χ1) is 17.5. The molecule has 0 spiro atoms. The highest BCUT2D eigenvalue weighted by atomic mass is 19.1. The van der Waals surface area contributed by atoms with Crippen molar-refractivity contribution in [2.75, 3.05) is 36.5 Å². The van der Waals surface area contributed by atoms with Gasteiger partial charge in [-0.05, 0) is 25.1 Å². The number of phenolic OH excluding ortho intramolecular Hbond substituents is 1. The third-order valence-corrected chi connectivity index (χ3v) is 5.44. The number of aromatic nitrogens is 5. The molecule has 4 heterocycles. The van der Waals surface area contributed by atoms with Crippen molar-refractivity contribution in [3.8, 4) is 11.4 Å². The van der Waals surface area contributed by atoms with E-state index in [4.69, 9.17) is 4.74 Å². The van der Waals surface area contributed by atoms with Crippen LogP contribution in [-0.4, -0.2) is 55.9 Å². The van der Waals surface area contributed by atoms with Crippen molar-refractivity contribution < 1.29 is 14.2 Å². The van der Waals surface area contributed by atoms with Crippen LogP contribution in [0.5, 0.6) is 5.75 Å². The number of ether oxygens (including phenoxy) is 1. The number of morpholine rings is 1. The zero-order chi connectivity index (χ0) is 24.9. The summed E-state index contributed by atoms with van der Waals surface area (Å²) in [6, 6.07) is 8.86. The zero-order valence-electron chi connectivity index (χ0n) is 19.5. The highest BCUT2D eigenvalue weighted by molar-refractivity contribution is 5.64. The van der Waals surface area contributed by atoms with Crippen molar-refractivity contribution in [2.24, 2.45) is 10.2 Å². The van der Waals surface area contributed by atoms with Gasteiger partial charge in [0.2, 0.25) is 0 Å². The minimum Gasteiger partial charge on any atom is -0.508 e. The van der Waals surface area contributed by atoms with Crippen LogP contribution in [0.1, 0.15) is 11.4 Å². The number of aryl methyl sites for hydroxylation is 1. The van der Waals surface area contributed by atoms with E-state index in [0.717, 1.165) is 23.3 Å². The normalized spacial score (nSPS) is 13.9. The minimum atomic E-state index is -0.500. The number of benzene rings is 1. The van der Waals surface area contributed by atoms with Gasteiger partial charge in [0.25, 0.3) is 5.95 Å². The number of halogens is 1. The van der Waals surface area contributed by atoms with Crippen molar-refractivity contribution >= 4 is 23.1 Å². The lowest BCUT2D eigenvalue weighted by Gasteiger charge is -2.27. The van der Waals surface area contributed by atoms with E-state index in [2.05, 4.69) is 35.5 Å². The van der Waals surface area contributed by atoms with Crippen molar-refractivity contribution in [2.45, 2.75) is 13.5 Å². The van der Waals surface area contributed by atoms with Crippen molar-refractivity contribution in [3.05, 3.63) is 72.5 Å². The second kappa shape index (κ2) is 10.4. The van der Waals surface area contributed by atoms with Gasteiger partial charge < -0.3 is 24.6 Å². The Hall–Kier alpha value is -4.45. The number of aromatic hydroxyl groups is 1. The van der Waals surface area contributed by atoms with E-state index in [1.807, 2.05) is 35.9 Å². The highest BCUT2D eigenvalue weighted by Gasteiger charge is 2.17. The van der Waals surface area contributed by atoms with Crippen LogP contribution in [0.4, 0.5) is 27.5 Å². The first-order valence-corrected chi connectivity index (χ1v) is 11.3. The second-order valence-electron chi connectivity index (χ2n) is 8.16. The van der Waals surface area contributed by atoms with Crippen LogP contribution in [0, 0.1) is 12.7 Å². The monoisotopic (exact) mass is 489 g/mol. The van der Waals surface area contributed by atoms with Gasteiger partial charge in [0.05, 0.1) is 54.7 Å². The average molecular weight is 490 g/mol. The van der Waals surface area contributed by atoms with Crippen molar-refractivity contribution in [3.63, 3.8) is 0 Å². The lowest BCUT2D eigenvalue weighted by molar-refractivity contribution is 0.122. The molecule has 2 N–H and O–H groups in total. The maximum Gasteiger partial charge on any atom is 0.270 e. The fourth-order valence-electron chi connectivity index (χ4n) is 3.70. The Kier molecular flexibility index (Phi) is 6.76. The van der Waals surface area contributed by atoms with Crippen molar-refractivity contribution in [1.82, 2.24) is 24.5 Å². The molecule has 12 heteroatoms. The summed E-state index contributed by atoms with van der Waals surface area (Å²) in [4.78, 5) is 18.5. The van der Waals surface area contributed by atoms with Gasteiger partial charge in [0.1, 0.15) is 12.3 Å². The minimum absolute atomic E-state index is 0.0870. The molecule has 0 unspecified atom stereocenters. The van der Waals surface area contributed by atoms with Crippen LogP contribution < -0.4 is 10.2 Å². The fourth-order valence-corrected chi connectivity index (χ4v) is 3.70. The number of phenols is 1. The number of anilines is 3. The summed E-state index contributed by atoms with van der Waals surface area (Å²) in [5.74, 6) is -0.0798. The van der Waals surface area contributed by atoms with Crippen LogP contribution >= 0.6 is 0 Å². The molecule has 1 aliphatic heterocycles. The molecule has 1 aromatic carbocycles. The van der Waals surface area contributed by atoms with Crippen LogP contribution in [0.15, 0.2) is 65.5 Å². The molecular formula is C24H24FN9O2. The molecule has 11 nitrogen and oxygen atoms in total. The topological polar surface area (TPSA) is 126 Å².